The molecular weight excluding hydrogens is 299 g/mol. The van der Waals surface area contributed by atoms with Gasteiger partial charge in [0.1, 0.15) is 5.82 Å². The largest absolute Gasteiger partial charge is 0.502 e. The minimum atomic E-state index is -4.78. The Morgan fingerprint density at radius 3 is 2.95 bits per heavy atom. The van der Waals surface area contributed by atoms with Crippen LogP contribution in [0.5, 0.6) is 0 Å². The van der Waals surface area contributed by atoms with Crippen LogP contribution in [0.3, 0.4) is 0 Å². The van der Waals surface area contributed by atoms with E-state index in [1.807, 2.05) is 4.57 Å². The molecule has 0 aliphatic carbocycles. The lowest BCUT2D eigenvalue weighted by molar-refractivity contribution is -0.238. The molecule has 1 aromatic heterocycles. The first-order valence-electron chi connectivity index (χ1n) is 7.20. The van der Waals surface area contributed by atoms with E-state index in [1.54, 1.807) is 13.1 Å². The van der Waals surface area contributed by atoms with E-state index in [1.165, 1.54) is 0 Å². The van der Waals surface area contributed by atoms with Gasteiger partial charge in [0.2, 0.25) is 0 Å². The molecule has 2 N–H and O–H groups in total. The minimum absolute atomic E-state index is 0.216. The third-order valence-corrected chi connectivity index (χ3v) is 3.60. The summed E-state index contributed by atoms with van der Waals surface area (Å²) in [4.78, 5) is 4.23. The quantitative estimate of drug-likeness (QED) is 0.752. The van der Waals surface area contributed by atoms with Gasteiger partial charge in [-0.25, -0.2) is 4.98 Å². The van der Waals surface area contributed by atoms with Gasteiger partial charge in [0.25, 0.3) is 0 Å². The lowest BCUT2D eigenvalue weighted by atomic mass is 10.0. The van der Waals surface area contributed by atoms with Crippen molar-refractivity contribution in [3.8, 4) is 0 Å². The molecule has 0 saturated heterocycles. The fourth-order valence-corrected chi connectivity index (χ4v) is 2.35. The zero-order valence-corrected chi connectivity index (χ0v) is 12.4. The van der Waals surface area contributed by atoms with Gasteiger partial charge in [-0.3, -0.25) is 0 Å². The maximum absolute atomic E-state index is 13.0. The van der Waals surface area contributed by atoms with Gasteiger partial charge in [0.15, 0.2) is 5.60 Å². The van der Waals surface area contributed by atoms with Gasteiger partial charge in [0.05, 0.1) is 18.6 Å². The van der Waals surface area contributed by atoms with E-state index in [4.69, 9.17) is 4.74 Å². The second-order valence-corrected chi connectivity index (χ2v) is 5.20. The Bertz CT molecular complexity index is 528. The second-order valence-electron chi connectivity index (χ2n) is 5.20. The summed E-state index contributed by atoms with van der Waals surface area (Å²) in [5, 5.41) is 12.5. The molecule has 8 heteroatoms. The molecule has 0 amide bonds. The number of aliphatic hydroxyl groups is 1. The number of imidazole rings is 1. The topological polar surface area (TPSA) is 59.3 Å². The Morgan fingerprint density at radius 1 is 1.50 bits per heavy atom. The molecular formula is C14H20F3N3O2. The number of hydrogen-bond donors (Lipinski definition) is 2. The Kier molecular flexibility index (Phi) is 5.12. The van der Waals surface area contributed by atoms with E-state index < -0.39 is 18.3 Å². The molecule has 0 radical (unpaired) electrons. The SMILES string of the molecule is CCO/C=C/C(O)(CNCc1cnc2n1CCC2)C(F)(F)F. The number of nitrogens with one attached hydrogen (secondary N) is 1. The first-order valence-corrected chi connectivity index (χ1v) is 7.20. The van der Waals surface area contributed by atoms with Crippen LogP contribution in [0.15, 0.2) is 18.5 Å². The van der Waals surface area contributed by atoms with Gasteiger partial charge in [-0.15, -0.1) is 0 Å². The van der Waals surface area contributed by atoms with Crippen molar-refractivity contribution in [3.05, 3.63) is 30.1 Å². The number of nitrogens with zero attached hydrogens (tertiary/aromatic N) is 2. The van der Waals surface area contributed by atoms with Crippen molar-refractivity contribution in [2.24, 2.45) is 0 Å². The summed E-state index contributed by atoms with van der Waals surface area (Å²) in [5.41, 5.74) is -2.14. The Labute approximate surface area is 126 Å². The predicted molar refractivity (Wildman–Crippen MR) is 74.0 cm³/mol. The molecule has 0 aromatic carbocycles. The maximum Gasteiger partial charge on any atom is 0.422 e. The second kappa shape index (κ2) is 6.70. The van der Waals surface area contributed by atoms with Crippen molar-refractivity contribution < 1.29 is 23.0 Å². The number of alkyl halides is 3. The Hall–Kier alpha value is -1.54. The van der Waals surface area contributed by atoms with Crippen LogP contribution in [0.4, 0.5) is 13.2 Å². The van der Waals surface area contributed by atoms with Crippen LogP contribution in [0.25, 0.3) is 0 Å². The fourth-order valence-electron chi connectivity index (χ4n) is 2.35. The number of rotatable bonds is 7. The van der Waals surface area contributed by atoms with Crippen molar-refractivity contribution >= 4 is 0 Å². The predicted octanol–water partition coefficient (Wildman–Crippen LogP) is 1.76. The average Bonchev–Trinajstić information content (AvgIpc) is 3.02. The lowest BCUT2D eigenvalue weighted by Gasteiger charge is -2.27. The highest BCUT2D eigenvalue weighted by Gasteiger charge is 2.51. The molecule has 124 valence electrons. The van der Waals surface area contributed by atoms with E-state index in [0.29, 0.717) is 6.08 Å². The van der Waals surface area contributed by atoms with E-state index in [2.05, 4.69) is 10.3 Å². The highest BCUT2D eigenvalue weighted by molar-refractivity contribution is 5.10. The van der Waals surface area contributed by atoms with Gasteiger partial charge < -0.3 is 19.7 Å². The van der Waals surface area contributed by atoms with Crippen LogP contribution in [0.2, 0.25) is 0 Å². The third-order valence-electron chi connectivity index (χ3n) is 3.60. The number of ether oxygens (including phenoxy) is 1. The van der Waals surface area contributed by atoms with Gasteiger partial charge in [-0.1, -0.05) is 0 Å². The highest BCUT2D eigenvalue weighted by Crippen LogP contribution is 2.31. The molecule has 1 aliphatic rings. The molecule has 1 atom stereocenters. The van der Waals surface area contributed by atoms with Crippen molar-refractivity contribution in [1.29, 1.82) is 0 Å². The molecule has 0 fully saturated rings. The molecule has 0 saturated carbocycles. The van der Waals surface area contributed by atoms with Crippen LogP contribution in [0, 0.1) is 0 Å². The fraction of sp³-hybridized carbons (Fsp3) is 0.643. The van der Waals surface area contributed by atoms with Gasteiger partial charge >= 0.3 is 6.18 Å². The van der Waals surface area contributed by atoms with E-state index in [9.17, 15) is 18.3 Å². The van der Waals surface area contributed by atoms with Gasteiger partial charge in [0, 0.05) is 32.3 Å². The van der Waals surface area contributed by atoms with Crippen LogP contribution in [-0.4, -0.2) is 39.6 Å². The molecule has 1 unspecified atom stereocenters. The van der Waals surface area contributed by atoms with Crippen molar-refractivity contribution in [2.45, 2.75) is 44.6 Å². The number of hydrogen-bond acceptors (Lipinski definition) is 4. The zero-order valence-electron chi connectivity index (χ0n) is 12.4. The molecule has 22 heavy (non-hydrogen) atoms. The zero-order chi connectivity index (χ0) is 16.2. The number of halogens is 3. The normalized spacial score (nSPS) is 17.7. The van der Waals surface area contributed by atoms with Crippen LogP contribution < -0.4 is 5.32 Å². The summed E-state index contributed by atoms with van der Waals surface area (Å²) < 4.78 is 45.8. The van der Waals surface area contributed by atoms with Crippen LogP contribution >= 0.6 is 0 Å². The van der Waals surface area contributed by atoms with Gasteiger partial charge in [-0.05, 0) is 19.4 Å². The smallest absolute Gasteiger partial charge is 0.422 e. The Balaban J connectivity index is 1.96. The number of aromatic nitrogens is 2. The monoisotopic (exact) mass is 319 g/mol. The molecule has 2 rings (SSSR count). The number of fused-ring (bicyclic) bond motifs is 1. The van der Waals surface area contributed by atoms with Crippen molar-refractivity contribution in [3.63, 3.8) is 0 Å². The summed E-state index contributed by atoms with van der Waals surface area (Å²) in [6, 6.07) is 0. The molecule has 0 spiro atoms. The summed E-state index contributed by atoms with van der Waals surface area (Å²) in [6.45, 7) is 2.28. The van der Waals surface area contributed by atoms with E-state index in [0.717, 1.165) is 37.2 Å². The molecule has 1 aliphatic heterocycles. The first kappa shape index (κ1) is 16.8. The molecule has 1 aromatic rings. The van der Waals surface area contributed by atoms with Crippen LogP contribution in [0.1, 0.15) is 24.9 Å². The standard InChI is InChI=1S/C14H20F3N3O2/c1-2-22-7-5-13(21,14(15,16)17)10-18-8-11-9-19-12-4-3-6-20(11)12/h5,7,9,18,21H,2-4,6,8,10H2,1H3/b7-5+. The number of aryl methyl sites for hydroxylation is 1. The average molecular weight is 319 g/mol. The summed E-state index contributed by atoms with van der Waals surface area (Å²) in [5.74, 6) is 0.958. The van der Waals surface area contributed by atoms with Crippen molar-refractivity contribution in [1.82, 2.24) is 14.9 Å². The van der Waals surface area contributed by atoms with E-state index in [-0.39, 0.29) is 13.2 Å². The van der Waals surface area contributed by atoms with Crippen LogP contribution in [-0.2, 0) is 24.2 Å². The molecule has 5 nitrogen and oxygen atoms in total. The van der Waals surface area contributed by atoms with E-state index >= 15 is 0 Å². The maximum atomic E-state index is 13.0. The summed E-state index contributed by atoms with van der Waals surface area (Å²) >= 11 is 0. The molecule has 2 heterocycles. The lowest BCUT2D eigenvalue weighted by Crippen LogP contribution is -2.51. The summed E-state index contributed by atoms with van der Waals surface area (Å²) in [7, 11) is 0. The Morgan fingerprint density at radius 2 is 2.27 bits per heavy atom. The minimum Gasteiger partial charge on any atom is -0.502 e. The third kappa shape index (κ3) is 3.61. The molecule has 0 bridgehead atoms. The van der Waals surface area contributed by atoms with Gasteiger partial charge in [-0.2, -0.15) is 13.2 Å². The van der Waals surface area contributed by atoms with Crippen molar-refractivity contribution in [2.75, 3.05) is 13.2 Å². The summed E-state index contributed by atoms with van der Waals surface area (Å²) in [6.07, 6.45) is 0.274. The first-order chi connectivity index (χ1) is 10.4. The highest BCUT2D eigenvalue weighted by atomic mass is 19.4.